The summed E-state index contributed by atoms with van der Waals surface area (Å²) in [6, 6.07) is 0. The highest BCUT2D eigenvalue weighted by atomic mass is 14.8. The van der Waals surface area contributed by atoms with Crippen LogP contribution in [0.3, 0.4) is 0 Å². The van der Waals surface area contributed by atoms with E-state index in [4.69, 9.17) is 0 Å². The van der Waals surface area contributed by atoms with Crippen molar-refractivity contribution in [2.24, 2.45) is 40.9 Å². The van der Waals surface area contributed by atoms with Gasteiger partial charge in [-0.2, -0.15) is 0 Å². The summed E-state index contributed by atoms with van der Waals surface area (Å²) in [5.41, 5.74) is 0.837. The lowest BCUT2D eigenvalue weighted by Crippen LogP contribution is -2.01. The molecule has 2 rings (SSSR count). The van der Waals surface area contributed by atoms with Gasteiger partial charge in [0.2, 0.25) is 0 Å². The second-order valence-corrected chi connectivity index (χ2v) is 10.2. The topological polar surface area (TPSA) is 0 Å². The number of rotatable bonds is 14. The second kappa shape index (κ2) is 10.3. The van der Waals surface area contributed by atoms with E-state index in [1.807, 2.05) is 0 Å². The van der Waals surface area contributed by atoms with Gasteiger partial charge in [0.15, 0.2) is 0 Å². The van der Waals surface area contributed by atoms with Gasteiger partial charge in [-0.05, 0) is 73.5 Å². The Hall–Kier alpha value is -0.260. The van der Waals surface area contributed by atoms with Crippen molar-refractivity contribution in [3.63, 3.8) is 0 Å². The van der Waals surface area contributed by atoms with Gasteiger partial charge in [-0.3, -0.25) is 0 Å². The average Bonchev–Trinajstić information content (AvgIpc) is 3.48. The molecule has 0 saturated heterocycles. The third kappa shape index (κ3) is 5.62. The van der Waals surface area contributed by atoms with Crippen LogP contribution in [0.1, 0.15) is 112 Å². The third-order valence-corrected chi connectivity index (χ3v) is 8.03. The molecule has 1 spiro atoms. The van der Waals surface area contributed by atoms with Gasteiger partial charge in [0.25, 0.3) is 0 Å². The molecule has 0 aliphatic heterocycles. The van der Waals surface area contributed by atoms with Crippen molar-refractivity contribution in [3.05, 3.63) is 12.2 Å². The SMILES string of the molecule is CC=CC(C)CCC1CC12C(CC)C2CCCC(C)CCC(C)CCC. The molecule has 2 saturated carbocycles. The van der Waals surface area contributed by atoms with Crippen LogP contribution in [0.5, 0.6) is 0 Å². The Labute approximate surface area is 165 Å². The van der Waals surface area contributed by atoms with Gasteiger partial charge >= 0.3 is 0 Å². The van der Waals surface area contributed by atoms with E-state index in [9.17, 15) is 0 Å². The van der Waals surface area contributed by atoms with E-state index in [1.165, 1.54) is 64.2 Å². The first-order valence-electron chi connectivity index (χ1n) is 12.1. The Balaban J connectivity index is 1.63. The summed E-state index contributed by atoms with van der Waals surface area (Å²) < 4.78 is 0. The van der Waals surface area contributed by atoms with E-state index in [0.29, 0.717) is 0 Å². The van der Waals surface area contributed by atoms with Crippen molar-refractivity contribution < 1.29 is 0 Å². The van der Waals surface area contributed by atoms with Gasteiger partial charge in [0, 0.05) is 0 Å². The zero-order chi connectivity index (χ0) is 19.2. The Kier molecular flexibility index (Phi) is 8.75. The second-order valence-electron chi connectivity index (χ2n) is 10.2. The van der Waals surface area contributed by atoms with Crippen LogP contribution in [0.2, 0.25) is 0 Å². The van der Waals surface area contributed by atoms with Crippen LogP contribution in [0, 0.1) is 40.9 Å². The van der Waals surface area contributed by atoms with Gasteiger partial charge in [-0.1, -0.05) is 91.7 Å². The molecule has 152 valence electrons. The first kappa shape index (κ1) is 22.0. The third-order valence-electron chi connectivity index (χ3n) is 8.03. The summed E-state index contributed by atoms with van der Waals surface area (Å²) in [6.07, 6.45) is 20.7. The lowest BCUT2D eigenvalue weighted by molar-refractivity contribution is 0.380. The zero-order valence-electron chi connectivity index (χ0n) is 18.9. The molecule has 0 radical (unpaired) electrons. The van der Waals surface area contributed by atoms with E-state index in [0.717, 1.165) is 40.9 Å². The number of hydrogen-bond donors (Lipinski definition) is 0. The molecule has 0 heteroatoms. The van der Waals surface area contributed by atoms with Crippen LogP contribution < -0.4 is 0 Å². The molecule has 0 bridgehead atoms. The standard InChI is InChI=1S/C26H48/c1-7-11-20(4)15-16-22(6)13-10-14-25-24(9-3)26(25)19-23(26)18-17-21(5)12-8-2/h8,12,20-25H,7,9-11,13-19H2,1-6H3. The van der Waals surface area contributed by atoms with Crippen molar-refractivity contribution in [1.82, 2.24) is 0 Å². The molecule has 0 aromatic rings. The van der Waals surface area contributed by atoms with Gasteiger partial charge in [0.05, 0.1) is 0 Å². The minimum atomic E-state index is 0.783. The summed E-state index contributed by atoms with van der Waals surface area (Å²) in [4.78, 5) is 0. The molecule has 0 N–H and O–H groups in total. The van der Waals surface area contributed by atoms with Crippen LogP contribution in [-0.2, 0) is 0 Å². The molecule has 0 aromatic carbocycles. The fourth-order valence-corrected chi connectivity index (χ4v) is 6.34. The van der Waals surface area contributed by atoms with E-state index >= 15 is 0 Å². The maximum absolute atomic E-state index is 2.50. The average molecular weight is 361 g/mol. The molecule has 0 amide bonds. The Morgan fingerprint density at radius 3 is 2.19 bits per heavy atom. The molecule has 0 heterocycles. The molecular formula is C26H48. The lowest BCUT2D eigenvalue weighted by atomic mass is 9.91. The summed E-state index contributed by atoms with van der Waals surface area (Å²) >= 11 is 0. The molecule has 26 heavy (non-hydrogen) atoms. The zero-order valence-corrected chi connectivity index (χ0v) is 18.9. The summed E-state index contributed by atoms with van der Waals surface area (Å²) in [5.74, 6) is 5.94. The molecule has 7 unspecified atom stereocenters. The van der Waals surface area contributed by atoms with Gasteiger partial charge < -0.3 is 0 Å². The first-order valence-corrected chi connectivity index (χ1v) is 12.1. The molecule has 0 aromatic heterocycles. The summed E-state index contributed by atoms with van der Waals surface area (Å²) in [5, 5.41) is 0. The number of hydrogen-bond acceptors (Lipinski definition) is 0. The van der Waals surface area contributed by atoms with E-state index in [2.05, 4.69) is 53.7 Å². The quantitative estimate of drug-likeness (QED) is 0.272. The highest BCUT2D eigenvalue weighted by Gasteiger charge is 2.75. The van der Waals surface area contributed by atoms with Gasteiger partial charge in [0.1, 0.15) is 0 Å². The van der Waals surface area contributed by atoms with E-state index < -0.39 is 0 Å². The van der Waals surface area contributed by atoms with Gasteiger partial charge in [-0.25, -0.2) is 0 Å². The van der Waals surface area contributed by atoms with Crippen LogP contribution in [0.4, 0.5) is 0 Å². The highest BCUT2D eigenvalue weighted by Crippen LogP contribution is 2.81. The number of allylic oxidation sites excluding steroid dienone is 2. The van der Waals surface area contributed by atoms with Crippen LogP contribution in [0.25, 0.3) is 0 Å². The molecule has 2 fully saturated rings. The highest BCUT2D eigenvalue weighted by molar-refractivity contribution is 5.23. The van der Waals surface area contributed by atoms with Crippen LogP contribution >= 0.6 is 0 Å². The molecule has 7 atom stereocenters. The Morgan fingerprint density at radius 1 is 0.885 bits per heavy atom. The molecular weight excluding hydrogens is 312 g/mol. The lowest BCUT2D eigenvalue weighted by Gasteiger charge is -2.15. The normalized spacial score (nSPS) is 33.5. The van der Waals surface area contributed by atoms with Crippen molar-refractivity contribution in [3.8, 4) is 0 Å². The van der Waals surface area contributed by atoms with Crippen molar-refractivity contribution >= 4 is 0 Å². The molecule has 0 nitrogen and oxygen atoms in total. The van der Waals surface area contributed by atoms with Crippen LogP contribution in [-0.4, -0.2) is 0 Å². The maximum atomic E-state index is 2.50. The van der Waals surface area contributed by atoms with Crippen molar-refractivity contribution in [1.29, 1.82) is 0 Å². The Morgan fingerprint density at radius 2 is 1.58 bits per heavy atom. The molecule has 2 aliphatic carbocycles. The van der Waals surface area contributed by atoms with Gasteiger partial charge in [-0.15, -0.1) is 0 Å². The smallest absolute Gasteiger partial charge is 0.0204 e. The first-order chi connectivity index (χ1) is 12.5. The van der Waals surface area contributed by atoms with E-state index in [-0.39, 0.29) is 0 Å². The van der Waals surface area contributed by atoms with Crippen molar-refractivity contribution in [2.75, 3.05) is 0 Å². The van der Waals surface area contributed by atoms with Crippen LogP contribution in [0.15, 0.2) is 12.2 Å². The Bertz CT molecular complexity index is 422. The molecule has 2 aliphatic rings. The largest absolute Gasteiger partial charge is 0.0914 e. The summed E-state index contributed by atoms with van der Waals surface area (Å²) in [7, 11) is 0. The fourth-order valence-electron chi connectivity index (χ4n) is 6.34. The fraction of sp³-hybridized carbons (Fsp3) is 0.923. The predicted molar refractivity (Wildman–Crippen MR) is 117 cm³/mol. The minimum absolute atomic E-state index is 0.783. The maximum Gasteiger partial charge on any atom is -0.0204 e. The minimum Gasteiger partial charge on any atom is -0.0914 e. The van der Waals surface area contributed by atoms with E-state index in [1.54, 1.807) is 6.42 Å². The predicted octanol–water partition coefficient (Wildman–Crippen LogP) is 8.66. The summed E-state index contributed by atoms with van der Waals surface area (Å²) in [6.45, 7) is 14.3. The van der Waals surface area contributed by atoms with Crippen molar-refractivity contribution in [2.45, 2.75) is 112 Å². The monoisotopic (exact) mass is 360 g/mol.